The SMILES string of the molecule is OB(O)c1ccc(Br)c2c(F)csc12. The lowest BCUT2D eigenvalue weighted by Gasteiger charge is -2.02. The molecular formula is C8H5BBrFO2S. The number of hydrogen-bond donors (Lipinski definition) is 2. The van der Waals surface area contributed by atoms with Crippen LogP contribution in [0.1, 0.15) is 0 Å². The molecule has 2 N–H and O–H groups in total. The van der Waals surface area contributed by atoms with Crippen molar-refractivity contribution in [1.29, 1.82) is 0 Å². The molecule has 0 atom stereocenters. The van der Waals surface area contributed by atoms with Gasteiger partial charge in [0, 0.05) is 25.4 Å². The average molecular weight is 275 g/mol. The second kappa shape index (κ2) is 3.62. The number of hydrogen-bond acceptors (Lipinski definition) is 3. The molecule has 0 bridgehead atoms. The summed E-state index contributed by atoms with van der Waals surface area (Å²) in [5.41, 5.74) is 0.331. The summed E-state index contributed by atoms with van der Waals surface area (Å²) < 4.78 is 14.5. The smallest absolute Gasteiger partial charge is 0.423 e. The van der Waals surface area contributed by atoms with Crippen molar-refractivity contribution in [3.63, 3.8) is 0 Å². The molecule has 0 radical (unpaired) electrons. The van der Waals surface area contributed by atoms with E-state index in [1.165, 1.54) is 5.38 Å². The fourth-order valence-electron chi connectivity index (χ4n) is 1.30. The Hall–Kier alpha value is -0.425. The van der Waals surface area contributed by atoms with Gasteiger partial charge in [0.15, 0.2) is 0 Å². The van der Waals surface area contributed by atoms with Gasteiger partial charge in [-0.1, -0.05) is 22.0 Å². The molecule has 72 valence electrons. The Kier molecular flexibility index (Phi) is 2.61. The van der Waals surface area contributed by atoms with Gasteiger partial charge in [0.2, 0.25) is 0 Å². The van der Waals surface area contributed by atoms with Gasteiger partial charge in [-0.25, -0.2) is 4.39 Å². The maximum Gasteiger partial charge on any atom is 0.489 e. The Morgan fingerprint density at radius 2 is 2.07 bits per heavy atom. The van der Waals surface area contributed by atoms with Crippen LogP contribution in [0.5, 0.6) is 0 Å². The van der Waals surface area contributed by atoms with Gasteiger partial charge in [-0.05, 0) is 6.07 Å². The molecule has 0 unspecified atom stereocenters. The van der Waals surface area contributed by atoms with E-state index in [9.17, 15) is 4.39 Å². The van der Waals surface area contributed by atoms with Crippen LogP contribution in [0.2, 0.25) is 0 Å². The van der Waals surface area contributed by atoms with Gasteiger partial charge in [0.05, 0.1) is 0 Å². The molecule has 0 saturated carbocycles. The zero-order valence-corrected chi connectivity index (χ0v) is 9.27. The molecule has 0 amide bonds. The molecule has 0 spiro atoms. The highest BCUT2D eigenvalue weighted by molar-refractivity contribution is 9.10. The summed E-state index contributed by atoms with van der Waals surface area (Å²) in [6, 6.07) is 3.17. The van der Waals surface area contributed by atoms with E-state index >= 15 is 0 Å². The van der Waals surface area contributed by atoms with Gasteiger partial charge < -0.3 is 10.0 Å². The van der Waals surface area contributed by atoms with E-state index in [0.29, 0.717) is 20.0 Å². The second-order valence-electron chi connectivity index (χ2n) is 2.80. The van der Waals surface area contributed by atoms with Crippen molar-refractivity contribution < 1.29 is 14.4 Å². The van der Waals surface area contributed by atoms with Crippen LogP contribution < -0.4 is 5.46 Å². The summed E-state index contributed by atoms with van der Waals surface area (Å²) in [7, 11) is -1.57. The number of rotatable bonds is 1. The summed E-state index contributed by atoms with van der Waals surface area (Å²) in [5.74, 6) is -0.348. The van der Waals surface area contributed by atoms with E-state index in [4.69, 9.17) is 10.0 Å². The van der Waals surface area contributed by atoms with Crippen LogP contribution in [-0.4, -0.2) is 17.2 Å². The van der Waals surface area contributed by atoms with Crippen molar-refractivity contribution in [3.05, 3.63) is 27.8 Å². The lowest BCUT2D eigenvalue weighted by Crippen LogP contribution is -2.29. The molecule has 1 aromatic carbocycles. The van der Waals surface area contributed by atoms with Gasteiger partial charge in [-0.2, -0.15) is 0 Å². The van der Waals surface area contributed by atoms with Gasteiger partial charge in [-0.3, -0.25) is 0 Å². The summed E-state index contributed by atoms with van der Waals surface area (Å²) in [6.45, 7) is 0. The van der Waals surface area contributed by atoms with E-state index < -0.39 is 7.12 Å². The zero-order chi connectivity index (χ0) is 10.3. The summed E-state index contributed by atoms with van der Waals surface area (Å²) in [4.78, 5) is 0. The maximum absolute atomic E-state index is 13.3. The van der Waals surface area contributed by atoms with Crippen molar-refractivity contribution >= 4 is 49.9 Å². The number of benzene rings is 1. The highest BCUT2D eigenvalue weighted by atomic mass is 79.9. The predicted molar refractivity (Wildman–Crippen MR) is 59.3 cm³/mol. The Morgan fingerprint density at radius 3 is 2.71 bits per heavy atom. The number of thiophene rings is 1. The zero-order valence-electron chi connectivity index (χ0n) is 6.87. The number of fused-ring (bicyclic) bond motifs is 1. The van der Waals surface area contributed by atoms with E-state index in [-0.39, 0.29) is 5.82 Å². The van der Waals surface area contributed by atoms with Gasteiger partial charge in [0.25, 0.3) is 0 Å². The predicted octanol–water partition coefficient (Wildman–Crippen LogP) is 1.48. The fraction of sp³-hybridized carbons (Fsp3) is 0. The van der Waals surface area contributed by atoms with Crippen LogP contribution in [-0.2, 0) is 0 Å². The average Bonchev–Trinajstić information content (AvgIpc) is 2.49. The van der Waals surface area contributed by atoms with Gasteiger partial charge in [0.1, 0.15) is 5.82 Å². The Balaban J connectivity index is 2.83. The third-order valence-corrected chi connectivity index (χ3v) is 3.60. The van der Waals surface area contributed by atoms with Gasteiger partial charge >= 0.3 is 7.12 Å². The Bertz CT molecular complexity index is 485. The molecule has 2 rings (SSSR count). The first kappa shape index (κ1) is 10.1. The Morgan fingerprint density at radius 1 is 1.36 bits per heavy atom. The van der Waals surface area contributed by atoms with Crippen molar-refractivity contribution in [2.24, 2.45) is 0 Å². The first-order valence-electron chi connectivity index (χ1n) is 3.82. The molecule has 0 aliphatic carbocycles. The van der Waals surface area contributed by atoms with E-state index in [0.717, 1.165) is 11.3 Å². The summed E-state index contributed by atoms with van der Waals surface area (Å²) in [5, 5.41) is 19.8. The molecule has 2 aromatic rings. The van der Waals surface area contributed by atoms with Crippen molar-refractivity contribution in [3.8, 4) is 0 Å². The molecule has 0 saturated heterocycles. The molecule has 1 heterocycles. The Labute approximate surface area is 92.3 Å². The summed E-state index contributed by atoms with van der Waals surface area (Å²) >= 11 is 4.37. The molecule has 1 aromatic heterocycles. The molecule has 14 heavy (non-hydrogen) atoms. The topological polar surface area (TPSA) is 40.5 Å². The van der Waals surface area contributed by atoms with Crippen LogP contribution in [0, 0.1) is 5.82 Å². The maximum atomic E-state index is 13.3. The molecular weight excluding hydrogens is 270 g/mol. The van der Waals surface area contributed by atoms with Crippen LogP contribution in [0.15, 0.2) is 22.0 Å². The van der Waals surface area contributed by atoms with Crippen molar-refractivity contribution in [1.82, 2.24) is 0 Å². The van der Waals surface area contributed by atoms with E-state index in [2.05, 4.69) is 15.9 Å². The van der Waals surface area contributed by atoms with Crippen molar-refractivity contribution in [2.45, 2.75) is 0 Å². The van der Waals surface area contributed by atoms with E-state index in [1.54, 1.807) is 12.1 Å². The van der Waals surface area contributed by atoms with Crippen LogP contribution >= 0.6 is 27.3 Å². The standard InChI is InChI=1S/C8H5BBrFO2S/c10-5-2-1-4(9(12)13)8-7(5)6(11)3-14-8/h1-3,12-13H. The highest BCUT2D eigenvalue weighted by Crippen LogP contribution is 2.29. The molecule has 0 fully saturated rings. The van der Waals surface area contributed by atoms with Crippen LogP contribution in [0.25, 0.3) is 10.1 Å². The monoisotopic (exact) mass is 274 g/mol. The molecule has 0 aliphatic rings. The fourth-order valence-corrected chi connectivity index (χ4v) is 2.92. The first-order chi connectivity index (χ1) is 6.61. The minimum Gasteiger partial charge on any atom is -0.423 e. The second-order valence-corrected chi connectivity index (χ2v) is 4.53. The van der Waals surface area contributed by atoms with Crippen LogP contribution in [0.3, 0.4) is 0 Å². The third-order valence-electron chi connectivity index (χ3n) is 1.93. The quantitative estimate of drug-likeness (QED) is 0.774. The normalized spacial score (nSPS) is 10.9. The minimum atomic E-state index is -1.57. The first-order valence-corrected chi connectivity index (χ1v) is 5.49. The molecule has 0 aliphatic heterocycles. The third kappa shape index (κ3) is 1.48. The van der Waals surface area contributed by atoms with Crippen molar-refractivity contribution in [2.75, 3.05) is 0 Å². The lowest BCUT2D eigenvalue weighted by atomic mass is 9.80. The molecule has 6 heteroatoms. The van der Waals surface area contributed by atoms with E-state index in [1.807, 2.05) is 0 Å². The minimum absolute atomic E-state index is 0.331. The highest BCUT2D eigenvalue weighted by Gasteiger charge is 2.18. The number of halogens is 2. The summed E-state index contributed by atoms with van der Waals surface area (Å²) in [6.07, 6.45) is 0. The largest absolute Gasteiger partial charge is 0.489 e. The van der Waals surface area contributed by atoms with Gasteiger partial charge in [-0.15, -0.1) is 11.3 Å². The van der Waals surface area contributed by atoms with Crippen LogP contribution in [0.4, 0.5) is 4.39 Å². The lowest BCUT2D eigenvalue weighted by molar-refractivity contribution is 0.426. The molecule has 2 nitrogen and oxygen atoms in total.